The van der Waals surface area contributed by atoms with Gasteiger partial charge >= 0.3 is 17.8 Å². The van der Waals surface area contributed by atoms with Crippen molar-refractivity contribution in [2.24, 2.45) is 0 Å². The zero-order chi connectivity index (χ0) is 21.3. The van der Waals surface area contributed by atoms with E-state index in [2.05, 4.69) is 10.6 Å². The highest BCUT2D eigenvalue weighted by Gasteiger charge is 2.31. The summed E-state index contributed by atoms with van der Waals surface area (Å²) < 4.78 is 16.4. The Hall–Kier alpha value is -3.15. The van der Waals surface area contributed by atoms with E-state index in [-0.39, 0.29) is 30.1 Å². The number of nitrogens with one attached hydrogen (secondary N) is 2. The number of rotatable bonds is 6. The van der Waals surface area contributed by atoms with Gasteiger partial charge in [0, 0.05) is 24.4 Å². The van der Waals surface area contributed by atoms with Gasteiger partial charge in [-0.2, -0.15) is 0 Å². The number of aliphatic carboxylic acids is 1. The van der Waals surface area contributed by atoms with Crippen LogP contribution in [0, 0.1) is 0 Å². The van der Waals surface area contributed by atoms with Crippen LogP contribution < -0.4 is 20.1 Å². The minimum absolute atomic E-state index is 0.0115. The van der Waals surface area contributed by atoms with Gasteiger partial charge in [-0.25, -0.2) is 9.59 Å². The number of carboxylic acids is 2. The maximum atomic E-state index is 11.7. The standard InChI is InChI=1S/C19H18N2O8S/c22-16(19(25)26)21-17-15(18(23)24)11-4-10(27-7-14(11)30-17)6-20-5-9-1-2-12-13(3-9)29-8-28-12/h1-3,10,20H,4-8H2,(H,21,22)(H,23,24)(H,25,26). The molecule has 4 N–H and O–H groups in total. The van der Waals surface area contributed by atoms with E-state index in [1.165, 1.54) is 0 Å². The molecule has 0 saturated carbocycles. The van der Waals surface area contributed by atoms with Crippen LogP contribution in [0.5, 0.6) is 11.5 Å². The Kier molecular flexibility index (Phi) is 5.57. The number of hydrogen-bond acceptors (Lipinski definition) is 8. The predicted molar refractivity (Wildman–Crippen MR) is 104 cm³/mol. The topological polar surface area (TPSA) is 143 Å². The fraction of sp³-hybridized carbons (Fsp3) is 0.316. The van der Waals surface area contributed by atoms with Crippen LogP contribution in [-0.4, -0.2) is 47.5 Å². The molecule has 0 fully saturated rings. The van der Waals surface area contributed by atoms with E-state index < -0.39 is 17.8 Å². The van der Waals surface area contributed by atoms with Gasteiger partial charge in [0.05, 0.1) is 18.3 Å². The van der Waals surface area contributed by atoms with Gasteiger partial charge in [-0.15, -0.1) is 11.3 Å². The Morgan fingerprint density at radius 3 is 2.73 bits per heavy atom. The molecule has 0 radical (unpaired) electrons. The number of thiophene rings is 1. The maximum Gasteiger partial charge on any atom is 0.394 e. The van der Waals surface area contributed by atoms with E-state index in [9.17, 15) is 19.5 Å². The van der Waals surface area contributed by atoms with E-state index in [0.29, 0.717) is 41.4 Å². The molecule has 4 rings (SSSR count). The van der Waals surface area contributed by atoms with Gasteiger partial charge in [0.25, 0.3) is 0 Å². The Labute approximate surface area is 174 Å². The normalized spacial score (nSPS) is 16.7. The van der Waals surface area contributed by atoms with Gasteiger partial charge in [-0.3, -0.25) is 4.79 Å². The number of ether oxygens (including phenoxy) is 3. The number of carbonyl (C=O) groups excluding carboxylic acids is 1. The van der Waals surface area contributed by atoms with Crippen LogP contribution in [0.15, 0.2) is 18.2 Å². The molecule has 0 bridgehead atoms. The summed E-state index contributed by atoms with van der Waals surface area (Å²) >= 11 is 1.02. The van der Waals surface area contributed by atoms with Crippen LogP contribution in [0.3, 0.4) is 0 Å². The van der Waals surface area contributed by atoms with E-state index in [4.69, 9.17) is 19.3 Å². The van der Waals surface area contributed by atoms with Crippen molar-refractivity contribution < 1.29 is 38.8 Å². The Morgan fingerprint density at radius 2 is 1.97 bits per heavy atom. The Balaban J connectivity index is 1.40. The van der Waals surface area contributed by atoms with Gasteiger partial charge in [-0.05, 0) is 23.3 Å². The smallest absolute Gasteiger partial charge is 0.394 e. The molecule has 2 aliphatic heterocycles. The highest BCUT2D eigenvalue weighted by atomic mass is 32.1. The van der Waals surface area contributed by atoms with Crippen LogP contribution in [0.25, 0.3) is 0 Å². The third-order valence-corrected chi connectivity index (χ3v) is 5.87. The molecule has 1 unspecified atom stereocenters. The SMILES string of the molecule is O=C(O)C(=O)Nc1sc2c(c1C(=O)O)CC(CNCc1ccc3c(c1)OCO3)OC2. The number of carbonyl (C=O) groups is 3. The molecule has 1 aromatic heterocycles. The summed E-state index contributed by atoms with van der Waals surface area (Å²) in [5.41, 5.74) is 1.50. The van der Waals surface area contributed by atoms with Gasteiger partial charge in [0.15, 0.2) is 11.5 Å². The second-order valence-electron chi connectivity index (χ2n) is 6.73. The summed E-state index contributed by atoms with van der Waals surface area (Å²) in [4.78, 5) is 34.6. The van der Waals surface area contributed by atoms with E-state index in [1.807, 2.05) is 18.2 Å². The quantitative estimate of drug-likeness (QED) is 0.496. The summed E-state index contributed by atoms with van der Waals surface area (Å²) in [5.74, 6) is -2.76. The number of aromatic carboxylic acids is 1. The fourth-order valence-corrected chi connectivity index (χ4v) is 4.49. The molecule has 0 saturated heterocycles. The minimum Gasteiger partial charge on any atom is -0.478 e. The van der Waals surface area contributed by atoms with E-state index in [1.54, 1.807) is 0 Å². The number of anilines is 1. The first kappa shape index (κ1) is 20.1. The molecule has 11 heteroatoms. The number of hydrogen-bond donors (Lipinski definition) is 4. The molecule has 1 atom stereocenters. The third-order valence-electron chi connectivity index (χ3n) is 4.75. The fourth-order valence-electron chi connectivity index (χ4n) is 3.36. The van der Waals surface area contributed by atoms with Gasteiger partial charge in [0.1, 0.15) is 5.00 Å². The molecule has 2 aliphatic rings. The van der Waals surface area contributed by atoms with Crippen LogP contribution in [0.2, 0.25) is 0 Å². The first-order chi connectivity index (χ1) is 14.4. The second-order valence-corrected chi connectivity index (χ2v) is 7.83. The van der Waals surface area contributed by atoms with Crippen molar-refractivity contribution in [3.63, 3.8) is 0 Å². The van der Waals surface area contributed by atoms with Gasteiger partial charge in [-0.1, -0.05) is 6.07 Å². The van der Waals surface area contributed by atoms with Crippen molar-refractivity contribution in [3.05, 3.63) is 39.8 Å². The maximum absolute atomic E-state index is 11.7. The first-order valence-corrected chi connectivity index (χ1v) is 9.87. The molecular weight excluding hydrogens is 416 g/mol. The Bertz CT molecular complexity index is 1020. The molecule has 0 spiro atoms. The molecule has 1 aromatic carbocycles. The van der Waals surface area contributed by atoms with Gasteiger partial charge < -0.3 is 35.1 Å². The molecule has 0 aliphatic carbocycles. The van der Waals surface area contributed by atoms with Gasteiger partial charge in [0.2, 0.25) is 6.79 Å². The third kappa shape index (κ3) is 4.08. The summed E-state index contributed by atoms with van der Waals surface area (Å²) in [6.45, 7) is 1.46. The number of fused-ring (bicyclic) bond motifs is 2. The second kappa shape index (κ2) is 8.30. The molecule has 2 aromatic rings. The molecule has 10 nitrogen and oxygen atoms in total. The van der Waals surface area contributed by atoms with Crippen molar-refractivity contribution in [1.29, 1.82) is 0 Å². The molecule has 30 heavy (non-hydrogen) atoms. The lowest BCUT2D eigenvalue weighted by molar-refractivity contribution is -0.147. The lowest BCUT2D eigenvalue weighted by Gasteiger charge is -2.24. The van der Waals surface area contributed by atoms with Crippen molar-refractivity contribution >= 4 is 34.2 Å². The zero-order valence-corrected chi connectivity index (χ0v) is 16.4. The average molecular weight is 434 g/mol. The highest BCUT2D eigenvalue weighted by Crippen LogP contribution is 2.38. The summed E-state index contributed by atoms with van der Waals surface area (Å²) in [5, 5.41) is 23.8. The lowest BCUT2D eigenvalue weighted by atomic mass is 10.0. The van der Waals surface area contributed by atoms with Crippen LogP contribution in [-0.2, 0) is 33.9 Å². The Morgan fingerprint density at radius 1 is 1.17 bits per heavy atom. The van der Waals surface area contributed by atoms with Crippen molar-refractivity contribution in [2.45, 2.75) is 25.7 Å². The minimum atomic E-state index is -1.68. The molecule has 1 amide bonds. The summed E-state index contributed by atoms with van der Waals surface area (Å²) in [6.07, 6.45) is 0.0760. The van der Waals surface area contributed by atoms with Crippen molar-refractivity contribution in [3.8, 4) is 11.5 Å². The lowest BCUT2D eigenvalue weighted by Crippen LogP contribution is -2.33. The van der Waals surface area contributed by atoms with Crippen LogP contribution in [0.4, 0.5) is 5.00 Å². The molecular formula is C19H18N2O8S. The number of carboxylic acid groups (broad SMARTS) is 2. The average Bonchev–Trinajstić information content (AvgIpc) is 3.31. The van der Waals surface area contributed by atoms with Crippen molar-refractivity contribution in [1.82, 2.24) is 5.32 Å². The van der Waals surface area contributed by atoms with Crippen LogP contribution in [0.1, 0.15) is 26.4 Å². The van der Waals surface area contributed by atoms with Crippen molar-refractivity contribution in [2.75, 3.05) is 18.7 Å². The highest BCUT2D eigenvalue weighted by molar-refractivity contribution is 7.17. The van der Waals surface area contributed by atoms with E-state index in [0.717, 1.165) is 16.9 Å². The molecule has 158 valence electrons. The molecule has 3 heterocycles. The summed E-state index contributed by atoms with van der Waals surface area (Å²) in [7, 11) is 0. The predicted octanol–water partition coefficient (Wildman–Crippen LogP) is 1.43. The first-order valence-electron chi connectivity index (χ1n) is 9.05. The van der Waals surface area contributed by atoms with Crippen LogP contribution >= 0.6 is 11.3 Å². The number of amides is 1. The van der Waals surface area contributed by atoms with E-state index >= 15 is 0 Å². The monoisotopic (exact) mass is 434 g/mol. The summed E-state index contributed by atoms with van der Waals surface area (Å²) in [6, 6.07) is 5.67. The number of benzene rings is 1. The largest absolute Gasteiger partial charge is 0.478 e. The zero-order valence-electron chi connectivity index (χ0n) is 15.6.